The van der Waals surface area contributed by atoms with E-state index in [2.05, 4.69) is 0 Å². The van der Waals surface area contributed by atoms with E-state index in [9.17, 15) is 33.8 Å². The monoisotopic (exact) mass is 678 g/mol. The summed E-state index contributed by atoms with van der Waals surface area (Å²) in [5.41, 5.74) is 1.62. The number of hydrogen-bond acceptors (Lipinski definition) is 7. The summed E-state index contributed by atoms with van der Waals surface area (Å²) < 4.78 is 19.1. The Kier molecular flexibility index (Phi) is 7.37. The van der Waals surface area contributed by atoms with Crippen molar-refractivity contribution in [2.45, 2.75) is 34.9 Å². The Bertz CT molecular complexity index is 1870. The van der Waals surface area contributed by atoms with Gasteiger partial charge in [-0.15, -0.1) is 23.2 Å². The average molecular weight is 680 g/mol. The van der Waals surface area contributed by atoms with Crippen molar-refractivity contribution in [3.63, 3.8) is 0 Å². The summed E-state index contributed by atoms with van der Waals surface area (Å²) in [6.45, 7) is 0.113. The first-order valence-electron chi connectivity index (χ1n) is 15.1. The molecule has 0 spiro atoms. The van der Waals surface area contributed by atoms with Crippen LogP contribution in [0.4, 0.5) is 10.1 Å². The third-order valence-electron chi connectivity index (χ3n) is 10.1. The molecule has 47 heavy (non-hydrogen) atoms. The highest BCUT2D eigenvalue weighted by Crippen LogP contribution is 2.66. The van der Waals surface area contributed by atoms with Crippen LogP contribution in [0, 0.1) is 23.6 Å². The van der Waals surface area contributed by atoms with Crippen molar-refractivity contribution in [2.75, 3.05) is 18.6 Å². The number of halogens is 3. The Morgan fingerprint density at radius 2 is 1.62 bits per heavy atom. The third-order valence-corrected chi connectivity index (χ3v) is 11.5. The number of likely N-dealkylation sites (tertiary alicyclic amines) is 1. The Morgan fingerprint density at radius 3 is 2.28 bits per heavy atom. The van der Waals surface area contributed by atoms with Crippen LogP contribution in [0.1, 0.15) is 29.9 Å². The molecule has 12 heteroatoms. The van der Waals surface area contributed by atoms with Crippen LogP contribution < -0.4 is 9.64 Å². The van der Waals surface area contributed by atoms with Crippen molar-refractivity contribution < 1.29 is 38.5 Å². The maximum atomic E-state index is 14.4. The molecule has 2 aliphatic heterocycles. The number of nitrogens with zero attached hydrogens (tertiary/aromatic N) is 2. The number of carbonyl (C=O) groups excluding carboxylic acids is 4. The number of allylic oxidation sites excluding steroid dienone is 2. The molecule has 0 radical (unpaired) electrons. The van der Waals surface area contributed by atoms with Gasteiger partial charge >= 0.3 is 0 Å². The number of ether oxygens (including phenoxy) is 1. The molecule has 6 unspecified atom stereocenters. The molecule has 2 saturated heterocycles. The quantitative estimate of drug-likeness (QED) is 0.212. The van der Waals surface area contributed by atoms with Crippen molar-refractivity contribution in [3.8, 4) is 17.2 Å². The van der Waals surface area contributed by atoms with Crippen LogP contribution in [0.15, 0.2) is 78.4 Å². The molecule has 242 valence electrons. The Balaban J connectivity index is 1.32. The van der Waals surface area contributed by atoms with Crippen molar-refractivity contribution in [2.24, 2.45) is 17.8 Å². The minimum atomic E-state index is -2.16. The molecule has 4 amide bonds. The topological polar surface area (TPSA) is 124 Å². The number of benzene rings is 3. The molecule has 4 aliphatic rings. The van der Waals surface area contributed by atoms with Gasteiger partial charge in [-0.05, 0) is 73.2 Å². The Labute approximate surface area is 279 Å². The fourth-order valence-electron chi connectivity index (χ4n) is 7.83. The van der Waals surface area contributed by atoms with Crippen LogP contribution >= 0.6 is 23.2 Å². The van der Waals surface area contributed by atoms with E-state index in [0.29, 0.717) is 17.7 Å². The summed E-state index contributed by atoms with van der Waals surface area (Å²) in [5.74, 6) is -6.40. The molecule has 0 bridgehead atoms. The molecule has 0 aromatic heterocycles. The number of alkyl halides is 2. The molecular weight excluding hydrogens is 650 g/mol. The first kappa shape index (κ1) is 31.2. The van der Waals surface area contributed by atoms with Gasteiger partial charge in [0.05, 0.1) is 24.6 Å². The zero-order chi connectivity index (χ0) is 33.4. The molecule has 3 aromatic carbocycles. The number of phenolic OH excluding ortho intramolecular Hbond substituents is 2. The molecule has 9 nitrogen and oxygen atoms in total. The molecule has 2 heterocycles. The summed E-state index contributed by atoms with van der Waals surface area (Å²) in [5, 5.41) is 20.9. The lowest BCUT2D eigenvalue weighted by molar-refractivity contribution is -0.140. The number of methoxy groups -OCH3 is 1. The van der Waals surface area contributed by atoms with E-state index in [1.54, 1.807) is 30.3 Å². The summed E-state index contributed by atoms with van der Waals surface area (Å²) >= 11 is 14.7. The molecule has 2 aliphatic carbocycles. The molecule has 3 fully saturated rings. The van der Waals surface area contributed by atoms with Gasteiger partial charge in [-0.25, -0.2) is 9.29 Å². The third kappa shape index (κ3) is 4.48. The molecule has 1 saturated carbocycles. The summed E-state index contributed by atoms with van der Waals surface area (Å²) in [7, 11) is 1.43. The fourth-order valence-corrected chi connectivity index (χ4v) is 8.75. The second-order valence-corrected chi connectivity index (χ2v) is 13.7. The van der Waals surface area contributed by atoms with E-state index >= 15 is 0 Å². The van der Waals surface area contributed by atoms with Gasteiger partial charge in [0, 0.05) is 24.1 Å². The standard InChI is InChI=1S/C35H29Cl2FN2O7/c1-47-22-10-11-24(27(42)16-22)29-23-12-13-25-28(31(44)39(30(25)43)15-14-18-2-8-21(41)9-3-18)26(23)17-34(36)32(45)40(33(46)35(29,34)37)20-6-4-19(38)5-7-20/h2-12,16,25-26,28-29,41-42H,13-15,17H2,1H3. The van der Waals surface area contributed by atoms with E-state index in [4.69, 9.17) is 27.9 Å². The number of fused-ring (bicyclic) bond motifs is 4. The van der Waals surface area contributed by atoms with E-state index in [1.807, 2.05) is 0 Å². The second-order valence-electron chi connectivity index (χ2n) is 12.4. The predicted molar refractivity (Wildman–Crippen MR) is 170 cm³/mol. The fraction of sp³-hybridized carbons (Fsp3) is 0.314. The summed E-state index contributed by atoms with van der Waals surface area (Å²) in [6, 6.07) is 15.7. The van der Waals surface area contributed by atoms with Gasteiger partial charge in [0.2, 0.25) is 11.8 Å². The number of carbonyl (C=O) groups is 4. The molecule has 7 rings (SSSR count). The maximum absolute atomic E-state index is 14.4. The van der Waals surface area contributed by atoms with Gasteiger partial charge < -0.3 is 14.9 Å². The second kappa shape index (κ2) is 11.1. The summed E-state index contributed by atoms with van der Waals surface area (Å²) in [4.78, 5) is 54.3. The minimum Gasteiger partial charge on any atom is -0.508 e. The first-order valence-corrected chi connectivity index (χ1v) is 15.9. The Morgan fingerprint density at radius 1 is 0.915 bits per heavy atom. The molecule has 2 N–H and O–H groups in total. The largest absolute Gasteiger partial charge is 0.508 e. The average Bonchev–Trinajstić information content (AvgIpc) is 3.39. The van der Waals surface area contributed by atoms with E-state index < -0.39 is 57.0 Å². The SMILES string of the molecule is COc1ccc(C2C3=CCC4C(=O)N(CCc5ccc(O)cc5)C(=O)C4C3CC3(Cl)C(=O)N(c4ccc(F)cc4)C(=O)C23Cl)c(O)c1. The smallest absolute Gasteiger partial charge is 0.258 e. The normalized spacial score (nSPS) is 29.8. The molecular formula is C35H29Cl2FN2O7. The van der Waals surface area contributed by atoms with Gasteiger partial charge in [-0.1, -0.05) is 29.8 Å². The van der Waals surface area contributed by atoms with Crippen molar-refractivity contribution in [1.29, 1.82) is 0 Å². The predicted octanol–water partition coefficient (Wildman–Crippen LogP) is 5.05. The van der Waals surface area contributed by atoms with Crippen molar-refractivity contribution in [1.82, 2.24) is 4.90 Å². The zero-order valence-corrected chi connectivity index (χ0v) is 26.5. The van der Waals surface area contributed by atoms with Crippen LogP contribution in [0.25, 0.3) is 0 Å². The molecule has 6 atom stereocenters. The lowest BCUT2D eigenvalue weighted by Crippen LogP contribution is -2.60. The van der Waals surface area contributed by atoms with Gasteiger partial charge in [0.25, 0.3) is 11.8 Å². The maximum Gasteiger partial charge on any atom is 0.258 e. The van der Waals surface area contributed by atoms with E-state index in [0.717, 1.165) is 22.6 Å². The highest BCUT2D eigenvalue weighted by atomic mass is 35.5. The van der Waals surface area contributed by atoms with Crippen LogP contribution in [-0.4, -0.2) is 62.1 Å². The number of imide groups is 2. The lowest BCUT2D eigenvalue weighted by atomic mass is 9.56. The number of amides is 4. The summed E-state index contributed by atoms with van der Waals surface area (Å²) in [6.07, 6.45) is 2.10. The number of rotatable bonds is 6. The van der Waals surface area contributed by atoms with Crippen molar-refractivity contribution in [3.05, 3.63) is 95.3 Å². The van der Waals surface area contributed by atoms with Gasteiger partial charge in [0.15, 0.2) is 9.75 Å². The number of phenols is 2. The number of anilines is 1. The van der Waals surface area contributed by atoms with Crippen molar-refractivity contribution >= 4 is 52.5 Å². The zero-order valence-electron chi connectivity index (χ0n) is 25.0. The van der Waals surface area contributed by atoms with Gasteiger partial charge in [-0.3, -0.25) is 24.1 Å². The first-order chi connectivity index (χ1) is 22.4. The van der Waals surface area contributed by atoms with Gasteiger partial charge in [0.1, 0.15) is 23.1 Å². The van der Waals surface area contributed by atoms with Crippen LogP contribution in [0.2, 0.25) is 0 Å². The highest BCUT2D eigenvalue weighted by molar-refractivity contribution is 6.58. The highest BCUT2D eigenvalue weighted by Gasteiger charge is 2.76. The van der Waals surface area contributed by atoms with Crippen LogP contribution in [-0.2, 0) is 25.6 Å². The van der Waals surface area contributed by atoms with Gasteiger partial charge in [-0.2, -0.15) is 0 Å². The Hall–Kier alpha value is -4.41. The van der Waals surface area contributed by atoms with E-state index in [-0.39, 0.29) is 48.0 Å². The van der Waals surface area contributed by atoms with Crippen LogP contribution in [0.3, 0.4) is 0 Å². The number of aromatic hydroxyl groups is 2. The molecule has 3 aromatic rings. The minimum absolute atomic E-state index is 0.0657. The number of hydrogen-bond donors (Lipinski definition) is 2. The van der Waals surface area contributed by atoms with Crippen LogP contribution in [0.5, 0.6) is 17.2 Å². The van der Waals surface area contributed by atoms with E-state index in [1.165, 1.54) is 42.3 Å². The lowest BCUT2D eigenvalue weighted by Gasteiger charge is -2.50.